The molecule has 0 saturated carbocycles. The van der Waals surface area contributed by atoms with Crippen molar-refractivity contribution in [1.29, 1.82) is 0 Å². The monoisotopic (exact) mass is 346 g/mol. The van der Waals surface area contributed by atoms with Gasteiger partial charge in [-0.25, -0.2) is 15.0 Å². The van der Waals surface area contributed by atoms with Crippen molar-refractivity contribution in [2.45, 2.75) is 32.4 Å². The van der Waals surface area contributed by atoms with Gasteiger partial charge in [0.05, 0.1) is 5.69 Å². The molecule has 2 aromatic heterocycles. The lowest BCUT2D eigenvalue weighted by molar-refractivity contribution is -0.0301. The first-order chi connectivity index (χ1) is 12.9. The molecule has 0 aliphatic carbocycles. The van der Waals surface area contributed by atoms with E-state index < -0.39 is 0 Å². The van der Waals surface area contributed by atoms with Gasteiger partial charge in [-0.2, -0.15) is 0 Å². The van der Waals surface area contributed by atoms with Crippen LogP contribution in [-0.2, 0) is 4.74 Å². The number of ether oxygens (including phenoxy) is 1. The summed E-state index contributed by atoms with van der Waals surface area (Å²) in [5, 5.41) is 0. The number of nitrogens with zero attached hydrogens (tertiary/aromatic N) is 4. The second-order valence-electron chi connectivity index (χ2n) is 6.34. The van der Waals surface area contributed by atoms with Crippen molar-refractivity contribution in [3.05, 3.63) is 59.8 Å². The zero-order valence-electron chi connectivity index (χ0n) is 14.9. The molecule has 3 aromatic rings. The highest BCUT2D eigenvalue weighted by Crippen LogP contribution is 2.29. The standard InChI is InChI=1S/C21H22N4O/c1-2-8-17-20-21(23-15-22-17)25(19-11-6-7-14-26-19)18(24-20)13-12-16-9-4-3-5-10-16/h2-5,8-10,12-13,15,19H,6-7,11,14H2,1H3/b8-2+,13-12+. The predicted molar refractivity (Wildman–Crippen MR) is 104 cm³/mol. The average molecular weight is 346 g/mol. The molecule has 26 heavy (non-hydrogen) atoms. The summed E-state index contributed by atoms with van der Waals surface area (Å²) < 4.78 is 8.15. The van der Waals surface area contributed by atoms with E-state index in [1.165, 1.54) is 0 Å². The molecule has 0 spiro atoms. The van der Waals surface area contributed by atoms with E-state index in [4.69, 9.17) is 9.72 Å². The van der Waals surface area contributed by atoms with Crippen LogP contribution in [0.25, 0.3) is 29.4 Å². The van der Waals surface area contributed by atoms with Gasteiger partial charge in [-0.3, -0.25) is 4.57 Å². The largest absolute Gasteiger partial charge is 0.358 e. The molecule has 132 valence electrons. The summed E-state index contributed by atoms with van der Waals surface area (Å²) in [4.78, 5) is 13.7. The van der Waals surface area contributed by atoms with E-state index in [0.717, 1.165) is 54.1 Å². The third kappa shape index (κ3) is 3.30. The van der Waals surface area contributed by atoms with Gasteiger partial charge in [-0.15, -0.1) is 0 Å². The number of aromatic nitrogens is 4. The third-order valence-electron chi connectivity index (χ3n) is 4.53. The van der Waals surface area contributed by atoms with Crippen LogP contribution in [0.15, 0.2) is 42.7 Å². The molecule has 0 N–H and O–H groups in total. The van der Waals surface area contributed by atoms with Gasteiger partial charge >= 0.3 is 0 Å². The predicted octanol–water partition coefficient (Wildman–Crippen LogP) is 4.73. The Morgan fingerprint density at radius 2 is 1.96 bits per heavy atom. The Morgan fingerprint density at radius 3 is 2.73 bits per heavy atom. The first-order valence-corrected chi connectivity index (χ1v) is 9.07. The maximum atomic E-state index is 6.03. The van der Waals surface area contributed by atoms with E-state index >= 15 is 0 Å². The summed E-state index contributed by atoms with van der Waals surface area (Å²) in [5.74, 6) is 0.849. The Kier molecular flexibility index (Phi) is 4.88. The van der Waals surface area contributed by atoms with Crippen LogP contribution < -0.4 is 0 Å². The molecule has 1 fully saturated rings. The molecule has 0 radical (unpaired) electrons. The minimum atomic E-state index is -0.0301. The molecule has 1 atom stereocenters. The highest BCUT2D eigenvalue weighted by molar-refractivity contribution is 5.83. The smallest absolute Gasteiger partial charge is 0.166 e. The number of hydrogen-bond acceptors (Lipinski definition) is 4. The minimum Gasteiger partial charge on any atom is -0.358 e. The van der Waals surface area contributed by atoms with Crippen LogP contribution in [-0.4, -0.2) is 26.1 Å². The summed E-state index contributed by atoms with van der Waals surface area (Å²) >= 11 is 0. The van der Waals surface area contributed by atoms with Crippen molar-refractivity contribution in [2.24, 2.45) is 0 Å². The SMILES string of the molecule is C/C=C/c1ncnc2c1nc(/C=C/c1ccccc1)n2C1CCCCO1. The number of rotatable bonds is 4. The van der Waals surface area contributed by atoms with Crippen LogP contribution in [0.5, 0.6) is 0 Å². The van der Waals surface area contributed by atoms with E-state index in [-0.39, 0.29) is 6.23 Å². The maximum absolute atomic E-state index is 6.03. The first kappa shape index (κ1) is 16.7. The molecule has 1 aromatic carbocycles. The van der Waals surface area contributed by atoms with Gasteiger partial charge in [0.25, 0.3) is 0 Å². The van der Waals surface area contributed by atoms with E-state index in [0.29, 0.717) is 0 Å². The lowest BCUT2D eigenvalue weighted by atomic mass is 10.2. The molecule has 1 saturated heterocycles. The van der Waals surface area contributed by atoms with Crippen molar-refractivity contribution < 1.29 is 4.74 Å². The number of hydrogen-bond donors (Lipinski definition) is 0. The van der Waals surface area contributed by atoms with Gasteiger partial charge < -0.3 is 4.74 Å². The van der Waals surface area contributed by atoms with Crippen LogP contribution in [0, 0.1) is 0 Å². The fraction of sp³-hybridized carbons (Fsp3) is 0.286. The summed E-state index contributed by atoms with van der Waals surface area (Å²) in [6.07, 6.45) is 12.8. The van der Waals surface area contributed by atoms with Gasteiger partial charge in [-0.1, -0.05) is 42.5 Å². The molecule has 0 bridgehead atoms. The van der Waals surface area contributed by atoms with Crippen molar-refractivity contribution in [2.75, 3.05) is 6.61 Å². The highest BCUT2D eigenvalue weighted by Gasteiger charge is 2.23. The van der Waals surface area contributed by atoms with Crippen LogP contribution >= 0.6 is 0 Å². The quantitative estimate of drug-likeness (QED) is 0.685. The van der Waals surface area contributed by atoms with E-state index in [1.807, 2.05) is 43.4 Å². The van der Waals surface area contributed by atoms with Crippen molar-refractivity contribution >= 4 is 29.4 Å². The first-order valence-electron chi connectivity index (χ1n) is 9.07. The second-order valence-corrected chi connectivity index (χ2v) is 6.34. The van der Waals surface area contributed by atoms with Gasteiger partial charge in [-0.05, 0) is 43.9 Å². The number of allylic oxidation sites excluding steroid dienone is 1. The Hall–Kier alpha value is -2.79. The molecule has 1 aliphatic rings. The summed E-state index contributed by atoms with van der Waals surface area (Å²) in [5.41, 5.74) is 3.61. The van der Waals surface area contributed by atoms with Crippen molar-refractivity contribution in [3.8, 4) is 0 Å². The zero-order valence-corrected chi connectivity index (χ0v) is 14.9. The summed E-state index contributed by atoms with van der Waals surface area (Å²) in [6.45, 7) is 2.75. The van der Waals surface area contributed by atoms with Crippen LogP contribution in [0.1, 0.15) is 49.5 Å². The third-order valence-corrected chi connectivity index (χ3v) is 4.53. The maximum Gasteiger partial charge on any atom is 0.166 e. The van der Waals surface area contributed by atoms with Gasteiger partial charge in [0.1, 0.15) is 23.9 Å². The Balaban J connectivity index is 1.84. The van der Waals surface area contributed by atoms with E-state index in [2.05, 4.69) is 32.7 Å². The average Bonchev–Trinajstić information content (AvgIpc) is 3.07. The second kappa shape index (κ2) is 7.62. The van der Waals surface area contributed by atoms with Crippen LogP contribution in [0.3, 0.4) is 0 Å². The van der Waals surface area contributed by atoms with Gasteiger partial charge in [0, 0.05) is 6.61 Å². The molecule has 1 aliphatic heterocycles. The topological polar surface area (TPSA) is 52.8 Å². The minimum absolute atomic E-state index is 0.0301. The fourth-order valence-corrected chi connectivity index (χ4v) is 3.29. The fourth-order valence-electron chi connectivity index (χ4n) is 3.29. The molecule has 4 rings (SSSR count). The van der Waals surface area contributed by atoms with Gasteiger partial charge in [0.2, 0.25) is 0 Å². The molecule has 5 nitrogen and oxygen atoms in total. The van der Waals surface area contributed by atoms with Crippen LogP contribution in [0.4, 0.5) is 0 Å². The van der Waals surface area contributed by atoms with Gasteiger partial charge in [0.15, 0.2) is 5.65 Å². The molecule has 0 amide bonds. The molecular weight excluding hydrogens is 324 g/mol. The summed E-state index contributed by atoms with van der Waals surface area (Å²) in [7, 11) is 0. The zero-order chi connectivity index (χ0) is 17.8. The van der Waals surface area contributed by atoms with Crippen molar-refractivity contribution in [1.82, 2.24) is 19.5 Å². The number of fused-ring (bicyclic) bond motifs is 1. The Labute approximate surface area is 153 Å². The Bertz CT molecular complexity index is 937. The molecule has 3 heterocycles. The summed E-state index contributed by atoms with van der Waals surface area (Å²) in [6, 6.07) is 10.2. The lowest BCUT2D eigenvalue weighted by Gasteiger charge is -2.25. The number of imidazole rings is 1. The van der Waals surface area contributed by atoms with Crippen LogP contribution in [0.2, 0.25) is 0 Å². The molecule has 1 unspecified atom stereocenters. The normalized spacial score (nSPS) is 18.3. The Morgan fingerprint density at radius 1 is 1.08 bits per heavy atom. The van der Waals surface area contributed by atoms with E-state index in [9.17, 15) is 0 Å². The lowest BCUT2D eigenvalue weighted by Crippen LogP contribution is -2.19. The number of benzene rings is 1. The molecular formula is C21H22N4O. The van der Waals surface area contributed by atoms with Crippen molar-refractivity contribution in [3.63, 3.8) is 0 Å². The molecule has 5 heteroatoms. The van der Waals surface area contributed by atoms with E-state index in [1.54, 1.807) is 6.33 Å². The highest BCUT2D eigenvalue weighted by atomic mass is 16.5.